The van der Waals surface area contributed by atoms with Crippen molar-refractivity contribution in [2.24, 2.45) is 0 Å². The zero-order valence-electron chi connectivity index (χ0n) is 26.1. The summed E-state index contributed by atoms with van der Waals surface area (Å²) < 4.78 is 79.8. The third kappa shape index (κ3) is 6.78. The quantitative estimate of drug-likeness (QED) is 0.292. The van der Waals surface area contributed by atoms with Crippen molar-refractivity contribution < 1.29 is 26.7 Å². The van der Waals surface area contributed by atoms with Gasteiger partial charge in [0.15, 0.2) is 0 Å². The first-order valence-corrected chi connectivity index (χ1v) is 16.8. The Hall–Kier alpha value is -2.77. The number of aryl methyl sites for hydroxylation is 1. The lowest BCUT2D eigenvalue weighted by molar-refractivity contribution is -0.138. The van der Waals surface area contributed by atoms with Crippen LogP contribution >= 0.6 is 11.8 Å². The van der Waals surface area contributed by atoms with Gasteiger partial charge in [-0.1, -0.05) is 24.3 Å². The molecule has 0 N–H and O–H groups in total. The Labute approximate surface area is 270 Å². The maximum atomic E-state index is 15.5. The molecule has 0 aliphatic carbocycles. The van der Waals surface area contributed by atoms with Gasteiger partial charge in [-0.15, -0.1) is 11.8 Å². The minimum absolute atomic E-state index is 0.105. The third-order valence-corrected chi connectivity index (χ3v) is 10.8. The molecular weight excluding hydrogens is 623 g/mol. The molecule has 1 unspecified atom stereocenters. The minimum atomic E-state index is -4.76. The van der Waals surface area contributed by atoms with Gasteiger partial charge < -0.3 is 4.74 Å². The summed E-state index contributed by atoms with van der Waals surface area (Å²) in [5.41, 5.74) is -0.526. The van der Waals surface area contributed by atoms with Crippen molar-refractivity contribution >= 4 is 11.8 Å². The fourth-order valence-corrected chi connectivity index (χ4v) is 8.23. The van der Waals surface area contributed by atoms with Gasteiger partial charge in [-0.2, -0.15) is 13.2 Å². The predicted molar refractivity (Wildman–Crippen MR) is 170 cm³/mol. The zero-order chi connectivity index (χ0) is 32.6. The number of benzene rings is 2. The Morgan fingerprint density at radius 2 is 1.52 bits per heavy atom. The number of rotatable bonds is 8. The van der Waals surface area contributed by atoms with Crippen LogP contribution in [0.3, 0.4) is 0 Å². The number of piperazine rings is 1. The van der Waals surface area contributed by atoms with Gasteiger partial charge in [0.25, 0.3) is 5.56 Å². The second kappa shape index (κ2) is 13.8. The van der Waals surface area contributed by atoms with E-state index >= 15 is 8.78 Å². The topological polar surface area (TPSA) is 41.0 Å². The maximum Gasteiger partial charge on any atom is 0.416 e. The van der Waals surface area contributed by atoms with Gasteiger partial charge in [-0.25, -0.2) is 8.78 Å². The molecule has 4 heterocycles. The number of ether oxygens (including phenoxy) is 1. The van der Waals surface area contributed by atoms with Gasteiger partial charge in [-0.3, -0.25) is 24.1 Å². The summed E-state index contributed by atoms with van der Waals surface area (Å²) in [5, 5.41) is 0.532. The molecule has 0 radical (unpaired) electrons. The molecule has 1 atom stereocenters. The molecule has 2 aromatic carbocycles. The molecule has 6 rings (SSSR count). The Kier molecular flexibility index (Phi) is 9.91. The average molecular weight is 663 g/mol. The highest BCUT2D eigenvalue weighted by molar-refractivity contribution is 7.99. The normalized spacial score (nSPS) is 19.9. The summed E-state index contributed by atoms with van der Waals surface area (Å²) in [6.07, 6.45) is -5.13. The van der Waals surface area contributed by atoms with Crippen molar-refractivity contribution in [1.82, 2.24) is 19.3 Å². The van der Waals surface area contributed by atoms with E-state index in [1.807, 2.05) is 0 Å². The van der Waals surface area contributed by atoms with Crippen molar-refractivity contribution in [1.29, 1.82) is 0 Å². The van der Waals surface area contributed by atoms with Gasteiger partial charge in [0.2, 0.25) is 0 Å². The van der Waals surface area contributed by atoms with Crippen LogP contribution < -0.4 is 5.56 Å². The van der Waals surface area contributed by atoms with Crippen molar-refractivity contribution in [3.8, 4) is 11.1 Å². The molecule has 0 spiro atoms. The van der Waals surface area contributed by atoms with Gasteiger partial charge in [0.1, 0.15) is 11.6 Å². The maximum absolute atomic E-state index is 15.5. The molecule has 3 aliphatic rings. The fraction of sp³-hybridized carbons (Fsp3) is 0.500. The van der Waals surface area contributed by atoms with E-state index in [1.165, 1.54) is 17.8 Å². The summed E-state index contributed by atoms with van der Waals surface area (Å²) in [5.74, 6) is -0.970. The summed E-state index contributed by atoms with van der Waals surface area (Å²) in [6, 6.07) is 7.48. The van der Waals surface area contributed by atoms with Gasteiger partial charge >= 0.3 is 6.18 Å². The lowest BCUT2D eigenvalue weighted by atomic mass is 9.92. The molecule has 0 amide bonds. The van der Waals surface area contributed by atoms with E-state index in [1.54, 1.807) is 30.5 Å². The van der Waals surface area contributed by atoms with Crippen LogP contribution in [0.4, 0.5) is 22.0 Å². The van der Waals surface area contributed by atoms with Gasteiger partial charge in [0.05, 0.1) is 35.4 Å². The number of nitrogens with zero attached hydrogens (tertiary/aromatic N) is 4. The summed E-state index contributed by atoms with van der Waals surface area (Å²) in [6.45, 7) is 12.7. The number of hydrogen-bond acceptors (Lipinski definition) is 6. The summed E-state index contributed by atoms with van der Waals surface area (Å²) in [7, 11) is 0. The van der Waals surface area contributed by atoms with Crippen molar-refractivity contribution in [2.75, 3.05) is 77.9 Å². The molecule has 1 aromatic heterocycles. The minimum Gasteiger partial charge on any atom is -0.379 e. The Morgan fingerprint density at radius 3 is 2.22 bits per heavy atom. The molecule has 0 saturated carbocycles. The summed E-state index contributed by atoms with van der Waals surface area (Å²) in [4.78, 5) is 21.5. The second-order valence-electron chi connectivity index (χ2n) is 12.4. The van der Waals surface area contributed by atoms with E-state index in [0.29, 0.717) is 34.0 Å². The van der Waals surface area contributed by atoms with E-state index < -0.39 is 28.9 Å². The largest absolute Gasteiger partial charge is 0.416 e. The lowest BCUT2D eigenvalue weighted by Crippen LogP contribution is -2.50. The molecule has 3 aromatic rings. The third-order valence-electron chi connectivity index (χ3n) is 9.52. The highest BCUT2D eigenvalue weighted by atomic mass is 32.2. The molecule has 12 heteroatoms. The lowest BCUT2D eigenvalue weighted by Gasteiger charge is -2.37. The first-order valence-electron chi connectivity index (χ1n) is 15.8. The molecule has 0 bridgehead atoms. The number of alkyl halides is 3. The van der Waals surface area contributed by atoms with E-state index in [2.05, 4.69) is 14.7 Å². The number of hydrogen-bond donors (Lipinski definition) is 0. The molecule has 248 valence electrons. The van der Waals surface area contributed by atoms with Crippen molar-refractivity contribution in [3.05, 3.63) is 86.2 Å². The molecule has 2 fully saturated rings. The summed E-state index contributed by atoms with van der Waals surface area (Å²) >= 11 is 1.41. The van der Waals surface area contributed by atoms with Crippen LogP contribution in [-0.4, -0.2) is 97.1 Å². The average Bonchev–Trinajstić information content (AvgIpc) is 3.45. The van der Waals surface area contributed by atoms with E-state index in [4.69, 9.17) is 4.74 Å². The number of thioether (sulfide) groups is 1. The standard InChI is InChI=1S/C34H39F5N4O2S/c1-22-5-3-6-25(31(22)36)30-23(2)26(19-27-28(34(37,38)39)7-4-8-29(27)35)33-43(32(30)44)24(21-46-33)20-42-13-11-40(12-14-42)9-10-41-15-17-45-18-16-41/h3-8,24H,9-21H2,1-2H3. The molecule has 2 saturated heterocycles. The number of aromatic nitrogens is 1. The van der Waals surface area contributed by atoms with Crippen LogP contribution in [0.5, 0.6) is 0 Å². The van der Waals surface area contributed by atoms with Crippen LogP contribution in [0.2, 0.25) is 0 Å². The van der Waals surface area contributed by atoms with Crippen LogP contribution in [0, 0.1) is 25.5 Å². The Balaban J connectivity index is 1.31. The number of fused-ring (bicyclic) bond motifs is 1. The van der Waals surface area contributed by atoms with E-state index in [9.17, 15) is 18.0 Å². The highest BCUT2D eigenvalue weighted by Crippen LogP contribution is 2.42. The predicted octanol–water partition coefficient (Wildman–Crippen LogP) is 5.62. The number of pyridine rings is 1. The fourth-order valence-electron chi connectivity index (χ4n) is 6.85. The Bertz CT molecular complexity index is 1630. The SMILES string of the molecule is Cc1cccc(-c2c(C)c(Cc3c(F)cccc3C(F)(F)F)c3n(c2=O)C(CN2CCN(CCN4CCOCC4)CC2)CS3)c1F. The molecular formula is C34H39F5N4O2S. The van der Waals surface area contributed by atoms with Crippen LogP contribution in [0.1, 0.15) is 33.9 Å². The Morgan fingerprint density at radius 1 is 0.870 bits per heavy atom. The molecule has 3 aliphatic heterocycles. The molecule has 6 nitrogen and oxygen atoms in total. The smallest absolute Gasteiger partial charge is 0.379 e. The number of halogens is 5. The van der Waals surface area contributed by atoms with Gasteiger partial charge in [-0.05, 0) is 42.7 Å². The molecule has 46 heavy (non-hydrogen) atoms. The van der Waals surface area contributed by atoms with Crippen molar-refractivity contribution in [2.45, 2.75) is 37.5 Å². The highest BCUT2D eigenvalue weighted by Gasteiger charge is 2.37. The first-order chi connectivity index (χ1) is 22.0. The zero-order valence-corrected chi connectivity index (χ0v) is 27.0. The number of morpholine rings is 1. The van der Waals surface area contributed by atoms with Crippen molar-refractivity contribution in [3.63, 3.8) is 0 Å². The van der Waals surface area contributed by atoms with Crippen LogP contribution in [0.15, 0.2) is 46.2 Å². The van der Waals surface area contributed by atoms with E-state index in [0.717, 1.165) is 83.8 Å². The first kappa shape index (κ1) is 33.1. The monoisotopic (exact) mass is 662 g/mol. The second-order valence-corrected chi connectivity index (χ2v) is 13.4. The van der Waals surface area contributed by atoms with Crippen LogP contribution in [-0.2, 0) is 17.3 Å². The van der Waals surface area contributed by atoms with Gasteiger partial charge in [0, 0.05) is 82.2 Å². The van der Waals surface area contributed by atoms with E-state index in [-0.39, 0.29) is 29.1 Å². The van der Waals surface area contributed by atoms with Crippen LogP contribution in [0.25, 0.3) is 11.1 Å².